The quantitative estimate of drug-likeness (QED) is 0.567. The number of rotatable bonds is 7. The Bertz CT molecular complexity index is 607. The van der Waals surface area contributed by atoms with E-state index in [0.29, 0.717) is 23.7 Å². The van der Waals surface area contributed by atoms with Crippen LogP contribution < -0.4 is 0 Å². The van der Waals surface area contributed by atoms with Crippen molar-refractivity contribution in [2.24, 2.45) is 0 Å². The van der Waals surface area contributed by atoms with Crippen LogP contribution in [0.1, 0.15) is 25.3 Å². The van der Waals surface area contributed by atoms with Gasteiger partial charge in [-0.15, -0.1) is 12.4 Å². The van der Waals surface area contributed by atoms with Gasteiger partial charge in [-0.1, -0.05) is 18.5 Å². The van der Waals surface area contributed by atoms with Gasteiger partial charge in [0.25, 0.3) is 5.69 Å². The second-order valence-corrected chi connectivity index (χ2v) is 6.43. The number of carbonyl (C=O) groups is 1. The molecule has 1 aliphatic rings. The van der Waals surface area contributed by atoms with Gasteiger partial charge in [-0.2, -0.15) is 0 Å². The monoisotopic (exact) mass is 391 g/mol. The Morgan fingerprint density at radius 1 is 1.44 bits per heavy atom. The Kier molecular flexibility index (Phi) is 8.58. The number of piperidine rings is 1. The highest BCUT2D eigenvalue weighted by molar-refractivity contribution is 6.30. The summed E-state index contributed by atoms with van der Waals surface area (Å²) < 4.78 is 0. The van der Waals surface area contributed by atoms with Crippen LogP contribution in [0.3, 0.4) is 0 Å². The average Bonchev–Trinajstić information content (AvgIpc) is 2.54. The third kappa shape index (κ3) is 6.11. The first-order valence-corrected chi connectivity index (χ1v) is 8.39. The zero-order valence-electron chi connectivity index (χ0n) is 14.1. The van der Waals surface area contributed by atoms with Gasteiger partial charge in [-0.05, 0) is 44.6 Å². The fourth-order valence-electron chi connectivity index (χ4n) is 3.20. The molecule has 25 heavy (non-hydrogen) atoms. The van der Waals surface area contributed by atoms with Gasteiger partial charge < -0.3 is 5.11 Å². The third-order valence-electron chi connectivity index (χ3n) is 4.46. The van der Waals surface area contributed by atoms with E-state index in [-0.39, 0.29) is 30.7 Å². The second-order valence-electron chi connectivity index (χ2n) is 5.99. The second kappa shape index (κ2) is 9.91. The molecule has 140 valence electrons. The highest BCUT2D eigenvalue weighted by Gasteiger charge is 2.26. The summed E-state index contributed by atoms with van der Waals surface area (Å²) in [6, 6.07) is 5.01. The molecule has 0 amide bonds. The summed E-state index contributed by atoms with van der Waals surface area (Å²) in [4.78, 5) is 25.8. The average molecular weight is 392 g/mol. The minimum Gasteiger partial charge on any atom is -0.480 e. The van der Waals surface area contributed by atoms with Crippen molar-refractivity contribution in [1.82, 2.24) is 9.80 Å². The number of nitro groups is 1. The number of benzene rings is 1. The Labute approximate surface area is 158 Å². The molecule has 1 aromatic carbocycles. The molecule has 0 saturated carbocycles. The van der Waals surface area contributed by atoms with E-state index in [0.717, 1.165) is 25.9 Å². The highest BCUT2D eigenvalue weighted by Crippen LogP contribution is 2.26. The fourth-order valence-corrected chi connectivity index (χ4v) is 3.36. The molecular formula is C16H23Cl2N3O4. The van der Waals surface area contributed by atoms with Crippen molar-refractivity contribution in [3.63, 3.8) is 0 Å². The smallest absolute Gasteiger partial charge is 0.317 e. The number of likely N-dealkylation sites (tertiary alicyclic amines) is 1. The van der Waals surface area contributed by atoms with E-state index in [2.05, 4.69) is 4.90 Å². The molecule has 0 aliphatic carbocycles. The molecule has 1 aliphatic heterocycles. The van der Waals surface area contributed by atoms with Crippen LogP contribution in [0.4, 0.5) is 5.69 Å². The molecule has 1 saturated heterocycles. The molecule has 2 rings (SSSR count). The number of aliphatic carboxylic acids is 1. The molecule has 1 fully saturated rings. The Hall–Kier alpha value is -1.41. The summed E-state index contributed by atoms with van der Waals surface area (Å²) in [5, 5.41) is 20.5. The zero-order valence-corrected chi connectivity index (χ0v) is 15.6. The zero-order chi connectivity index (χ0) is 17.7. The first-order valence-electron chi connectivity index (χ1n) is 8.01. The van der Waals surface area contributed by atoms with Crippen LogP contribution in [0.2, 0.25) is 5.02 Å². The van der Waals surface area contributed by atoms with Crippen molar-refractivity contribution < 1.29 is 14.8 Å². The van der Waals surface area contributed by atoms with Gasteiger partial charge in [-0.25, -0.2) is 0 Å². The number of nitrogens with zero attached hydrogens (tertiary/aromatic N) is 3. The predicted octanol–water partition coefficient (Wildman–Crippen LogP) is 3.04. The first kappa shape index (κ1) is 21.6. The van der Waals surface area contributed by atoms with Gasteiger partial charge in [-0.3, -0.25) is 24.7 Å². The van der Waals surface area contributed by atoms with E-state index < -0.39 is 10.9 Å². The van der Waals surface area contributed by atoms with Crippen LogP contribution in [0, 0.1) is 10.1 Å². The van der Waals surface area contributed by atoms with Gasteiger partial charge in [0.1, 0.15) is 0 Å². The number of nitro benzene ring substituents is 1. The number of likely N-dealkylation sites (N-methyl/N-ethyl adjacent to an activating group) is 1. The van der Waals surface area contributed by atoms with Gasteiger partial charge in [0.2, 0.25) is 0 Å². The normalized spacial score (nSPS) is 15.8. The SMILES string of the molecule is CCN(CC(=O)O)C1CCN(Cc2ccc(Cl)cc2[N+](=O)[O-])CC1.Cl. The maximum atomic E-state index is 11.2. The minimum atomic E-state index is -0.809. The van der Waals surface area contributed by atoms with Crippen LogP contribution in [-0.4, -0.2) is 58.0 Å². The molecule has 7 nitrogen and oxygen atoms in total. The summed E-state index contributed by atoms with van der Waals surface area (Å²) in [6.45, 7) is 4.82. The van der Waals surface area contributed by atoms with E-state index in [9.17, 15) is 14.9 Å². The Morgan fingerprint density at radius 3 is 2.60 bits per heavy atom. The van der Waals surface area contributed by atoms with Gasteiger partial charge in [0.05, 0.1) is 11.5 Å². The van der Waals surface area contributed by atoms with Crippen molar-refractivity contribution in [3.8, 4) is 0 Å². The van der Waals surface area contributed by atoms with Crippen LogP contribution in [0.25, 0.3) is 0 Å². The van der Waals surface area contributed by atoms with Crippen molar-refractivity contribution in [2.45, 2.75) is 32.4 Å². The van der Waals surface area contributed by atoms with E-state index >= 15 is 0 Å². The predicted molar refractivity (Wildman–Crippen MR) is 98.5 cm³/mol. The minimum absolute atomic E-state index is 0. The first-order chi connectivity index (χ1) is 11.4. The largest absolute Gasteiger partial charge is 0.480 e. The molecule has 0 unspecified atom stereocenters. The molecule has 0 radical (unpaired) electrons. The van der Waals surface area contributed by atoms with Gasteiger partial charge in [0.15, 0.2) is 0 Å². The van der Waals surface area contributed by atoms with Crippen LogP contribution in [0.5, 0.6) is 0 Å². The van der Waals surface area contributed by atoms with E-state index in [1.807, 2.05) is 11.8 Å². The molecule has 1 N–H and O–H groups in total. The number of carboxylic acid groups (broad SMARTS) is 1. The standard InChI is InChI=1S/C16H22ClN3O4.ClH/c1-2-19(11-16(21)22)14-5-7-18(8-6-14)10-12-3-4-13(17)9-15(12)20(23)24;/h3-4,9,14H,2,5-8,10-11H2,1H3,(H,21,22);1H. The van der Waals surface area contributed by atoms with E-state index in [1.165, 1.54) is 6.07 Å². The highest BCUT2D eigenvalue weighted by atomic mass is 35.5. The molecule has 9 heteroatoms. The molecular weight excluding hydrogens is 369 g/mol. The molecule has 0 atom stereocenters. The molecule has 0 aromatic heterocycles. The molecule has 0 bridgehead atoms. The lowest BCUT2D eigenvalue weighted by Crippen LogP contribution is -2.46. The lowest BCUT2D eigenvalue weighted by molar-refractivity contribution is -0.385. The summed E-state index contributed by atoms with van der Waals surface area (Å²) in [6.07, 6.45) is 1.73. The number of hydrogen-bond donors (Lipinski definition) is 1. The number of hydrogen-bond acceptors (Lipinski definition) is 5. The molecule has 0 spiro atoms. The van der Waals surface area contributed by atoms with Crippen molar-refractivity contribution >= 4 is 35.7 Å². The van der Waals surface area contributed by atoms with Crippen molar-refractivity contribution in [3.05, 3.63) is 38.9 Å². The summed E-state index contributed by atoms with van der Waals surface area (Å²) in [5.74, 6) is -0.809. The summed E-state index contributed by atoms with van der Waals surface area (Å²) in [7, 11) is 0. The van der Waals surface area contributed by atoms with E-state index in [4.69, 9.17) is 16.7 Å². The molecule has 1 aromatic rings. The van der Waals surface area contributed by atoms with Gasteiger partial charge >= 0.3 is 5.97 Å². The van der Waals surface area contributed by atoms with Crippen LogP contribution in [-0.2, 0) is 11.3 Å². The van der Waals surface area contributed by atoms with Crippen LogP contribution >= 0.6 is 24.0 Å². The fraction of sp³-hybridized carbons (Fsp3) is 0.562. The lowest BCUT2D eigenvalue weighted by Gasteiger charge is -2.37. The van der Waals surface area contributed by atoms with Crippen LogP contribution in [0.15, 0.2) is 18.2 Å². The lowest BCUT2D eigenvalue weighted by atomic mass is 10.0. The maximum absolute atomic E-state index is 11.2. The summed E-state index contributed by atoms with van der Waals surface area (Å²) >= 11 is 5.84. The topological polar surface area (TPSA) is 86.9 Å². The number of carboxylic acids is 1. The van der Waals surface area contributed by atoms with Gasteiger partial charge in [0, 0.05) is 29.2 Å². The summed E-state index contributed by atoms with van der Waals surface area (Å²) in [5.41, 5.74) is 0.700. The Morgan fingerprint density at radius 2 is 2.08 bits per heavy atom. The van der Waals surface area contributed by atoms with Crippen molar-refractivity contribution in [2.75, 3.05) is 26.2 Å². The number of halogens is 2. The molecule has 1 heterocycles. The maximum Gasteiger partial charge on any atom is 0.317 e. The van der Waals surface area contributed by atoms with Crippen molar-refractivity contribution in [1.29, 1.82) is 0 Å². The third-order valence-corrected chi connectivity index (χ3v) is 4.69. The van der Waals surface area contributed by atoms with E-state index in [1.54, 1.807) is 12.1 Å². The Balaban J connectivity index is 0.00000312.